The van der Waals surface area contributed by atoms with E-state index >= 15 is 0 Å². The van der Waals surface area contributed by atoms with Gasteiger partial charge >= 0.3 is 0 Å². The number of hydrogen-bond acceptors (Lipinski definition) is 2. The van der Waals surface area contributed by atoms with Gasteiger partial charge < -0.3 is 10.2 Å². The van der Waals surface area contributed by atoms with E-state index in [-0.39, 0.29) is 30.6 Å². The molecule has 0 spiro atoms. The minimum absolute atomic E-state index is 0.148. The van der Waals surface area contributed by atoms with E-state index in [9.17, 15) is 14.0 Å². The van der Waals surface area contributed by atoms with Crippen LogP contribution in [0, 0.1) is 12.7 Å². The van der Waals surface area contributed by atoms with Gasteiger partial charge in [-0.2, -0.15) is 0 Å². The van der Waals surface area contributed by atoms with Crippen molar-refractivity contribution in [3.63, 3.8) is 0 Å². The third kappa shape index (κ3) is 6.48. The Hall–Kier alpha value is -2.69. The molecule has 1 atom stereocenters. The van der Waals surface area contributed by atoms with Gasteiger partial charge in [0.05, 0.1) is 6.42 Å². The van der Waals surface area contributed by atoms with Crippen LogP contribution >= 0.6 is 0 Å². The fourth-order valence-electron chi connectivity index (χ4n) is 2.83. The van der Waals surface area contributed by atoms with Gasteiger partial charge in [-0.15, -0.1) is 0 Å². The van der Waals surface area contributed by atoms with E-state index in [0.29, 0.717) is 0 Å². The number of nitrogens with one attached hydrogen (secondary N) is 1. The van der Waals surface area contributed by atoms with E-state index in [1.165, 1.54) is 12.1 Å². The van der Waals surface area contributed by atoms with Crippen molar-refractivity contribution in [1.29, 1.82) is 0 Å². The second-order valence-corrected chi connectivity index (χ2v) is 8.23. The summed E-state index contributed by atoms with van der Waals surface area (Å²) in [6.45, 7) is 9.65. The fourth-order valence-corrected chi connectivity index (χ4v) is 2.83. The van der Waals surface area contributed by atoms with Gasteiger partial charge in [-0.1, -0.05) is 42.0 Å². The van der Waals surface area contributed by atoms with Crippen LogP contribution in [0.4, 0.5) is 4.39 Å². The van der Waals surface area contributed by atoms with Crippen molar-refractivity contribution in [3.8, 4) is 0 Å². The van der Waals surface area contributed by atoms with E-state index in [1.807, 2.05) is 52.0 Å². The minimum Gasteiger partial charge on any atom is -0.350 e. The molecule has 0 aliphatic rings. The predicted octanol–water partition coefficient (Wildman–Crippen LogP) is 4.01. The number of hydrogen-bond donors (Lipinski definition) is 1. The molecule has 2 aromatic rings. The first-order valence-electron chi connectivity index (χ1n) is 9.46. The summed E-state index contributed by atoms with van der Waals surface area (Å²) < 4.78 is 13.2. The van der Waals surface area contributed by atoms with Crippen LogP contribution in [-0.2, 0) is 22.6 Å². The lowest BCUT2D eigenvalue weighted by molar-refractivity contribution is -0.140. The SMILES string of the molecule is Cc1ccc(CC(=O)N(Cc2ccc(F)cc2)[C@H](C)C(=O)NC(C)(C)C)cc1. The molecule has 5 heteroatoms. The van der Waals surface area contributed by atoms with Crippen molar-refractivity contribution >= 4 is 11.8 Å². The Morgan fingerprint density at radius 3 is 2.07 bits per heavy atom. The number of aryl methyl sites for hydroxylation is 1. The molecule has 0 unspecified atom stereocenters. The van der Waals surface area contributed by atoms with Gasteiger partial charge in [0.1, 0.15) is 11.9 Å². The Labute approximate surface area is 166 Å². The van der Waals surface area contributed by atoms with Gasteiger partial charge in [0.15, 0.2) is 0 Å². The molecule has 0 fully saturated rings. The first kappa shape index (κ1) is 21.6. The van der Waals surface area contributed by atoms with Crippen LogP contribution in [0.2, 0.25) is 0 Å². The third-order valence-corrected chi connectivity index (χ3v) is 4.41. The highest BCUT2D eigenvalue weighted by atomic mass is 19.1. The average Bonchev–Trinajstić information content (AvgIpc) is 2.61. The van der Waals surface area contributed by atoms with Crippen molar-refractivity contribution < 1.29 is 14.0 Å². The molecule has 1 N–H and O–H groups in total. The fraction of sp³-hybridized carbons (Fsp3) is 0.391. The Balaban J connectivity index is 2.23. The molecule has 0 aliphatic carbocycles. The second kappa shape index (κ2) is 9.00. The highest BCUT2D eigenvalue weighted by Crippen LogP contribution is 2.14. The number of nitrogens with zero attached hydrogens (tertiary/aromatic N) is 1. The summed E-state index contributed by atoms with van der Waals surface area (Å²) >= 11 is 0. The summed E-state index contributed by atoms with van der Waals surface area (Å²) in [4.78, 5) is 27.3. The number of halogens is 1. The lowest BCUT2D eigenvalue weighted by Crippen LogP contribution is -2.52. The lowest BCUT2D eigenvalue weighted by Gasteiger charge is -2.31. The van der Waals surface area contributed by atoms with Crippen LogP contribution in [0.5, 0.6) is 0 Å². The minimum atomic E-state index is -0.651. The van der Waals surface area contributed by atoms with Gasteiger partial charge in [0.2, 0.25) is 11.8 Å². The second-order valence-electron chi connectivity index (χ2n) is 8.23. The van der Waals surface area contributed by atoms with Gasteiger partial charge in [0.25, 0.3) is 0 Å². The molecule has 0 saturated carbocycles. The molecule has 0 bridgehead atoms. The zero-order valence-corrected chi connectivity index (χ0v) is 17.3. The third-order valence-electron chi connectivity index (χ3n) is 4.41. The average molecular weight is 384 g/mol. The Morgan fingerprint density at radius 2 is 1.54 bits per heavy atom. The number of carbonyl (C=O) groups is 2. The molecule has 0 saturated heterocycles. The Kier molecular flexibility index (Phi) is 6.95. The first-order chi connectivity index (χ1) is 13.0. The van der Waals surface area contributed by atoms with Crippen LogP contribution in [-0.4, -0.2) is 28.3 Å². The van der Waals surface area contributed by atoms with Crippen molar-refractivity contribution in [3.05, 3.63) is 71.0 Å². The molecular weight excluding hydrogens is 355 g/mol. The predicted molar refractivity (Wildman–Crippen MR) is 109 cm³/mol. The quantitative estimate of drug-likeness (QED) is 0.818. The van der Waals surface area contributed by atoms with Gasteiger partial charge in [0, 0.05) is 12.1 Å². The van der Waals surface area contributed by atoms with E-state index in [0.717, 1.165) is 16.7 Å². The number of carbonyl (C=O) groups excluding carboxylic acids is 2. The molecular formula is C23H29FN2O2. The lowest BCUT2D eigenvalue weighted by atomic mass is 10.1. The standard InChI is InChI=1S/C23H29FN2O2/c1-16-6-8-18(9-7-16)14-21(27)26(15-19-10-12-20(24)13-11-19)17(2)22(28)25-23(3,4)5/h6-13,17H,14-15H2,1-5H3,(H,25,28)/t17-/m1/s1. The summed E-state index contributed by atoms with van der Waals surface area (Å²) in [6.07, 6.45) is 0.203. The Morgan fingerprint density at radius 1 is 1.00 bits per heavy atom. The Bertz CT molecular complexity index is 808. The van der Waals surface area contributed by atoms with E-state index in [1.54, 1.807) is 24.0 Å². The first-order valence-corrected chi connectivity index (χ1v) is 9.46. The highest BCUT2D eigenvalue weighted by molar-refractivity contribution is 5.88. The van der Waals surface area contributed by atoms with Crippen LogP contribution in [0.1, 0.15) is 44.4 Å². The van der Waals surface area contributed by atoms with Crippen LogP contribution in [0.15, 0.2) is 48.5 Å². The maximum atomic E-state index is 13.2. The van der Waals surface area contributed by atoms with Crippen molar-refractivity contribution in [1.82, 2.24) is 10.2 Å². The summed E-state index contributed by atoms with van der Waals surface area (Å²) in [6, 6.07) is 13.1. The summed E-state index contributed by atoms with van der Waals surface area (Å²) in [5.41, 5.74) is 2.39. The van der Waals surface area contributed by atoms with Crippen molar-refractivity contribution in [2.24, 2.45) is 0 Å². The molecule has 2 rings (SSSR count). The van der Waals surface area contributed by atoms with Gasteiger partial charge in [-0.05, 0) is 57.9 Å². The van der Waals surface area contributed by atoms with Gasteiger partial charge in [-0.3, -0.25) is 9.59 Å². The molecule has 0 aliphatic heterocycles. The van der Waals surface area contributed by atoms with Gasteiger partial charge in [-0.25, -0.2) is 4.39 Å². The number of rotatable bonds is 6. The van der Waals surface area contributed by atoms with Crippen LogP contribution < -0.4 is 5.32 Å². The van der Waals surface area contributed by atoms with Crippen molar-refractivity contribution in [2.75, 3.05) is 0 Å². The smallest absolute Gasteiger partial charge is 0.242 e. The molecule has 0 aromatic heterocycles. The molecule has 2 aromatic carbocycles. The largest absolute Gasteiger partial charge is 0.350 e. The van der Waals surface area contributed by atoms with Crippen molar-refractivity contribution in [2.45, 2.75) is 59.2 Å². The molecule has 4 nitrogen and oxygen atoms in total. The zero-order valence-electron chi connectivity index (χ0n) is 17.3. The summed E-state index contributed by atoms with van der Waals surface area (Å²) in [7, 11) is 0. The molecule has 0 radical (unpaired) electrons. The van der Waals surface area contributed by atoms with E-state index < -0.39 is 11.6 Å². The summed E-state index contributed by atoms with van der Waals surface area (Å²) in [5.74, 6) is -0.698. The molecule has 2 amide bonds. The van der Waals surface area contributed by atoms with E-state index in [2.05, 4.69) is 5.32 Å². The topological polar surface area (TPSA) is 49.4 Å². The monoisotopic (exact) mass is 384 g/mol. The number of benzene rings is 2. The van der Waals surface area contributed by atoms with Crippen LogP contribution in [0.25, 0.3) is 0 Å². The van der Waals surface area contributed by atoms with E-state index in [4.69, 9.17) is 0 Å². The van der Waals surface area contributed by atoms with Crippen LogP contribution in [0.3, 0.4) is 0 Å². The normalized spacial score (nSPS) is 12.4. The maximum absolute atomic E-state index is 13.2. The zero-order chi connectivity index (χ0) is 20.9. The molecule has 0 heterocycles. The maximum Gasteiger partial charge on any atom is 0.242 e. The highest BCUT2D eigenvalue weighted by Gasteiger charge is 2.28. The molecule has 28 heavy (non-hydrogen) atoms. The molecule has 150 valence electrons. The summed E-state index contributed by atoms with van der Waals surface area (Å²) in [5, 5.41) is 2.93. The number of amides is 2.